The monoisotopic (exact) mass is 561 g/mol. The van der Waals surface area contributed by atoms with Crippen LogP contribution in [0.3, 0.4) is 0 Å². The second-order valence-corrected chi connectivity index (χ2v) is 8.98. The maximum atomic E-state index is 12.7. The lowest BCUT2D eigenvalue weighted by atomic mass is 9.95. The van der Waals surface area contributed by atoms with E-state index in [0.29, 0.717) is 0 Å². The van der Waals surface area contributed by atoms with Crippen LogP contribution >= 0.6 is 0 Å². The van der Waals surface area contributed by atoms with Crippen LogP contribution in [0.4, 0.5) is 4.79 Å². The Bertz CT molecular complexity index is 917. The van der Waals surface area contributed by atoms with Gasteiger partial charge in [0.05, 0.1) is 6.61 Å². The molecule has 220 valence electrons. The van der Waals surface area contributed by atoms with Crippen LogP contribution in [0.2, 0.25) is 0 Å². The average Bonchev–Trinajstić information content (AvgIpc) is 2.79. The van der Waals surface area contributed by atoms with E-state index in [9.17, 15) is 33.6 Å². The number of nitrogens with one attached hydrogen (secondary N) is 1. The third-order valence-electron chi connectivity index (χ3n) is 4.83. The van der Waals surface area contributed by atoms with Crippen molar-refractivity contribution in [2.45, 2.75) is 91.4 Å². The lowest BCUT2D eigenvalue weighted by Crippen LogP contribution is -2.67. The maximum absolute atomic E-state index is 12.7. The Balaban J connectivity index is 2.99. The van der Waals surface area contributed by atoms with E-state index < -0.39 is 79.2 Å². The minimum absolute atomic E-state index is 0.0455. The average molecular weight is 562 g/mol. The number of rotatable bonds is 12. The smallest absolute Gasteiger partial charge is 0.463 e. The normalized spacial score (nSPS) is 22.2. The predicted molar refractivity (Wildman–Crippen MR) is 126 cm³/mol. The third kappa shape index (κ3) is 13.0. The summed E-state index contributed by atoms with van der Waals surface area (Å²) < 4.78 is 35.6. The molecule has 0 aromatic rings. The van der Waals surface area contributed by atoms with Gasteiger partial charge in [-0.25, -0.2) is 4.79 Å². The highest BCUT2D eigenvalue weighted by Crippen LogP contribution is 2.28. The number of carbonyl (C=O) groups excluding carboxylic acids is 7. The first-order valence-corrected chi connectivity index (χ1v) is 12.2. The van der Waals surface area contributed by atoms with Gasteiger partial charge in [-0.15, -0.1) is 0 Å². The van der Waals surface area contributed by atoms with Crippen molar-refractivity contribution in [3.8, 4) is 0 Å². The molecule has 5 atom stereocenters. The Morgan fingerprint density at radius 1 is 0.769 bits per heavy atom. The molecule has 0 radical (unpaired) electrons. The lowest BCUT2D eigenvalue weighted by Gasteiger charge is -2.44. The Labute approximate surface area is 225 Å². The van der Waals surface area contributed by atoms with Crippen molar-refractivity contribution >= 4 is 41.9 Å². The lowest BCUT2D eigenvalue weighted by molar-refractivity contribution is -0.271. The quantitative estimate of drug-likeness (QED) is 0.198. The molecule has 15 heteroatoms. The van der Waals surface area contributed by atoms with Crippen molar-refractivity contribution < 1.29 is 66.7 Å². The highest BCUT2D eigenvalue weighted by Gasteiger charge is 2.52. The largest absolute Gasteiger partial charge is 0.516 e. The highest BCUT2D eigenvalue weighted by atomic mass is 16.7. The van der Waals surface area contributed by atoms with Gasteiger partial charge in [-0.05, 0) is 12.3 Å². The van der Waals surface area contributed by atoms with Gasteiger partial charge in [-0.3, -0.25) is 28.8 Å². The van der Waals surface area contributed by atoms with Crippen molar-refractivity contribution in [3.63, 3.8) is 0 Å². The number of ether oxygens (including phenoxy) is 7. The molecule has 0 saturated carbocycles. The first-order chi connectivity index (χ1) is 18.2. The van der Waals surface area contributed by atoms with E-state index in [1.807, 2.05) is 0 Å². The predicted octanol–water partition coefficient (Wildman–Crippen LogP) is 0.692. The minimum Gasteiger partial charge on any atom is -0.463 e. The summed E-state index contributed by atoms with van der Waals surface area (Å²) in [5.74, 6) is -4.66. The van der Waals surface area contributed by atoms with Crippen LogP contribution in [-0.2, 0) is 61.9 Å². The van der Waals surface area contributed by atoms with Crippen molar-refractivity contribution in [1.29, 1.82) is 0 Å². The van der Waals surface area contributed by atoms with Gasteiger partial charge in [0.1, 0.15) is 18.8 Å². The summed E-state index contributed by atoms with van der Waals surface area (Å²) in [7, 11) is 0. The van der Waals surface area contributed by atoms with Gasteiger partial charge >= 0.3 is 36.0 Å². The number of carbonyl (C=O) groups is 7. The molecule has 39 heavy (non-hydrogen) atoms. The van der Waals surface area contributed by atoms with Crippen molar-refractivity contribution in [2.75, 3.05) is 13.2 Å². The summed E-state index contributed by atoms with van der Waals surface area (Å²) in [5, 5.41) is 2.50. The van der Waals surface area contributed by atoms with Gasteiger partial charge in [0.2, 0.25) is 12.2 Å². The topological polar surface area (TPSA) is 196 Å². The molecule has 0 unspecified atom stereocenters. The molecule has 1 N–H and O–H groups in total. The molecule has 1 heterocycles. The van der Waals surface area contributed by atoms with Gasteiger partial charge in [0.15, 0.2) is 12.2 Å². The summed E-state index contributed by atoms with van der Waals surface area (Å²) in [5.41, 5.74) is 0. The SMILES string of the molecule is CC(=O)OC[C@H]1O[C@@H](OC(C)=O)[C@H](NC(=O)CCCC(=O)OC(=O)OCC(C)C)[C@@H](OC(C)=O)[C@@H]1OC(C)=O. The zero-order chi connectivity index (χ0) is 29.7. The zero-order valence-corrected chi connectivity index (χ0v) is 22.7. The Hall–Kier alpha value is -3.75. The summed E-state index contributed by atoms with van der Waals surface area (Å²) in [6.07, 6.45) is -7.31. The molecule has 1 fully saturated rings. The van der Waals surface area contributed by atoms with E-state index in [2.05, 4.69) is 10.1 Å². The number of esters is 5. The first kappa shape index (κ1) is 33.3. The number of hydrogen-bond donors (Lipinski definition) is 1. The molecular formula is C24H35NO14. The van der Waals surface area contributed by atoms with Crippen molar-refractivity contribution in [1.82, 2.24) is 5.32 Å². The molecule has 0 aromatic carbocycles. The van der Waals surface area contributed by atoms with E-state index in [-0.39, 0.29) is 31.8 Å². The Kier molecular flexibility index (Phi) is 13.9. The molecule has 0 aliphatic carbocycles. The minimum atomic E-state index is -1.54. The van der Waals surface area contributed by atoms with E-state index in [1.54, 1.807) is 13.8 Å². The molecule has 0 aromatic heterocycles. The van der Waals surface area contributed by atoms with E-state index in [4.69, 9.17) is 28.4 Å². The van der Waals surface area contributed by atoms with Crippen LogP contribution in [0.15, 0.2) is 0 Å². The summed E-state index contributed by atoms with van der Waals surface area (Å²) >= 11 is 0. The Morgan fingerprint density at radius 2 is 1.36 bits per heavy atom. The fourth-order valence-electron chi connectivity index (χ4n) is 3.38. The molecule has 0 spiro atoms. The van der Waals surface area contributed by atoms with Crippen molar-refractivity contribution in [2.24, 2.45) is 5.92 Å². The molecular weight excluding hydrogens is 526 g/mol. The van der Waals surface area contributed by atoms with Gasteiger partial charge in [0.25, 0.3) is 0 Å². The van der Waals surface area contributed by atoms with Crippen LogP contribution in [-0.4, -0.2) is 85.8 Å². The fourth-order valence-corrected chi connectivity index (χ4v) is 3.38. The maximum Gasteiger partial charge on any atom is 0.516 e. The highest BCUT2D eigenvalue weighted by molar-refractivity contribution is 5.82. The fraction of sp³-hybridized carbons (Fsp3) is 0.708. The molecule has 1 aliphatic heterocycles. The van der Waals surface area contributed by atoms with Crippen LogP contribution in [0.25, 0.3) is 0 Å². The van der Waals surface area contributed by atoms with Gasteiger partial charge in [-0.2, -0.15) is 0 Å². The van der Waals surface area contributed by atoms with E-state index in [1.165, 1.54) is 0 Å². The van der Waals surface area contributed by atoms with Crippen molar-refractivity contribution in [3.05, 3.63) is 0 Å². The summed E-state index contributed by atoms with van der Waals surface area (Å²) in [4.78, 5) is 82.8. The van der Waals surface area contributed by atoms with Crippen LogP contribution < -0.4 is 5.32 Å². The van der Waals surface area contributed by atoms with E-state index in [0.717, 1.165) is 27.7 Å². The Morgan fingerprint density at radius 3 is 1.90 bits per heavy atom. The van der Waals surface area contributed by atoms with Crippen LogP contribution in [0, 0.1) is 5.92 Å². The molecule has 1 saturated heterocycles. The van der Waals surface area contributed by atoms with E-state index >= 15 is 0 Å². The molecule has 1 rings (SSSR count). The van der Waals surface area contributed by atoms with Crippen LogP contribution in [0.1, 0.15) is 60.8 Å². The van der Waals surface area contributed by atoms with Gasteiger partial charge < -0.3 is 38.5 Å². The second-order valence-electron chi connectivity index (χ2n) is 8.98. The zero-order valence-electron chi connectivity index (χ0n) is 22.7. The number of amides is 1. The summed E-state index contributed by atoms with van der Waals surface area (Å²) in [6.45, 7) is 7.57. The molecule has 1 aliphatic rings. The molecule has 1 amide bonds. The summed E-state index contributed by atoms with van der Waals surface area (Å²) in [6, 6.07) is -1.36. The van der Waals surface area contributed by atoms with Crippen LogP contribution in [0.5, 0.6) is 0 Å². The van der Waals surface area contributed by atoms with Gasteiger partial charge in [-0.1, -0.05) is 13.8 Å². The second kappa shape index (κ2) is 16.3. The first-order valence-electron chi connectivity index (χ1n) is 12.2. The third-order valence-corrected chi connectivity index (χ3v) is 4.83. The van der Waals surface area contributed by atoms with Gasteiger partial charge in [0, 0.05) is 40.5 Å². The standard InChI is InChI=1S/C24H35NO14/c1-12(2)10-34-24(32)39-19(31)9-7-8-18(30)25-20-22(36-15(5)28)21(35-14(4)27)17(11-33-13(3)26)38-23(20)37-16(6)29/h12,17,20-23H,7-11H2,1-6H3,(H,25,30)/t17-,20-,21-,22-,23-/m1/s1. The molecule has 15 nitrogen and oxygen atoms in total. The molecule has 0 bridgehead atoms. The number of hydrogen-bond acceptors (Lipinski definition) is 14.